The van der Waals surface area contributed by atoms with Crippen LogP contribution in [0.25, 0.3) is 0 Å². The third-order valence-corrected chi connectivity index (χ3v) is 17.0. The lowest BCUT2D eigenvalue weighted by atomic mass is 9.79. The minimum atomic E-state index is -0.447. The van der Waals surface area contributed by atoms with Crippen molar-refractivity contribution >= 4 is 23.7 Å². The zero-order chi connectivity index (χ0) is 51.5. The SMILES string of the molecule is CCCCCCCCCCCCCCCCCCOC(=O)CCSCC(CCCCCCCCCCCC)(CCCCCCCCCCCC)C(=O)OCCCCCCCCCCCCCCCCCC. The maximum absolute atomic E-state index is 14.4. The largest absolute Gasteiger partial charge is 0.466 e. The number of esters is 2. The Morgan fingerprint density at radius 1 is 0.296 bits per heavy atom. The monoisotopic (exact) mass is 1020 g/mol. The van der Waals surface area contributed by atoms with Crippen LogP contribution in [-0.2, 0) is 19.1 Å². The zero-order valence-electron chi connectivity index (χ0n) is 49.3. The highest BCUT2D eigenvalue weighted by Crippen LogP contribution is 2.38. The van der Waals surface area contributed by atoms with Gasteiger partial charge in [-0.1, -0.05) is 349 Å². The molecule has 5 heteroatoms. The molecule has 424 valence electrons. The zero-order valence-corrected chi connectivity index (χ0v) is 50.1. The van der Waals surface area contributed by atoms with Gasteiger partial charge in [-0.15, -0.1) is 0 Å². The average Bonchev–Trinajstić information content (AvgIpc) is 3.37. The first-order valence-corrected chi connectivity index (χ1v) is 34.1. The molecular formula is C66H130O4S. The lowest BCUT2D eigenvalue weighted by Gasteiger charge is -2.32. The van der Waals surface area contributed by atoms with Gasteiger partial charge in [-0.25, -0.2) is 0 Å². The highest BCUT2D eigenvalue weighted by molar-refractivity contribution is 7.99. The van der Waals surface area contributed by atoms with Crippen molar-refractivity contribution in [1.82, 2.24) is 0 Å². The predicted octanol–water partition coefficient (Wildman–Crippen LogP) is 23.3. The number of thioether (sulfide) groups is 1. The van der Waals surface area contributed by atoms with Crippen molar-refractivity contribution in [3.63, 3.8) is 0 Å². The van der Waals surface area contributed by atoms with Crippen molar-refractivity contribution in [3.8, 4) is 0 Å². The lowest BCUT2D eigenvalue weighted by Crippen LogP contribution is -2.36. The van der Waals surface area contributed by atoms with Crippen molar-refractivity contribution < 1.29 is 19.1 Å². The molecule has 0 aliphatic carbocycles. The van der Waals surface area contributed by atoms with E-state index in [0.717, 1.165) is 62.9 Å². The van der Waals surface area contributed by atoms with Gasteiger partial charge in [0.15, 0.2) is 0 Å². The van der Waals surface area contributed by atoms with E-state index in [1.54, 1.807) is 0 Å². The van der Waals surface area contributed by atoms with Crippen molar-refractivity contribution in [2.45, 2.75) is 381 Å². The molecule has 0 amide bonds. The molecule has 71 heavy (non-hydrogen) atoms. The van der Waals surface area contributed by atoms with Crippen LogP contribution < -0.4 is 0 Å². The van der Waals surface area contributed by atoms with E-state index in [1.165, 1.54) is 295 Å². The molecule has 0 aromatic carbocycles. The Hall–Kier alpha value is -0.710. The Bertz CT molecular complexity index is 1010. The Morgan fingerprint density at radius 2 is 0.521 bits per heavy atom. The summed E-state index contributed by atoms with van der Waals surface area (Å²) in [6.45, 7) is 10.3. The van der Waals surface area contributed by atoms with Crippen LogP contribution >= 0.6 is 11.8 Å². The second kappa shape index (κ2) is 60.2. The fourth-order valence-corrected chi connectivity index (χ4v) is 12.0. The number of carbonyl (C=O) groups excluding carboxylic acids is 2. The Balaban J connectivity index is 4.93. The Morgan fingerprint density at radius 3 is 0.789 bits per heavy atom. The molecule has 0 bridgehead atoms. The van der Waals surface area contributed by atoms with E-state index in [-0.39, 0.29) is 11.9 Å². The smallest absolute Gasteiger partial charge is 0.312 e. The summed E-state index contributed by atoms with van der Waals surface area (Å²) in [7, 11) is 0. The molecule has 0 fully saturated rings. The van der Waals surface area contributed by atoms with Crippen LogP contribution in [0.2, 0.25) is 0 Å². The van der Waals surface area contributed by atoms with Gasteiger partial charge in [0, 0.05) is 11.5 Å². The molecule has 0 aromatic heterocycles. The van der Waals surface area contributed by atoms with E-state index in [9.17, 15) is 9.59 Å². The molecule has 0 aliphatic rings. The summed E-state index contributed by atoms with van der Waals surface area (Å²) in [5, 5.41) is 0. The van der Waals surface area contributed by atoms with Crippen molar-refractivity contribution in [3.05, 3.63) is 0 Å². The van der Waals surface area contributed by atoms with Gasteiger partial charge in [-0.3, -0.25) is 9.59 Å². The van der Waals surface area contributed by atoms with Gasteiger partial charge < -0.3 is 9.47 Å². The Labute approximate surface area is 451 Å². The van der Waals surface area contributed by atoms with E-state index < -0.39 is 5.41 Å². The highest BCUT2D eigenvalue weighted by Gasteiger charge is 2.39. The van der Waals surface area contributed by atoms with Crippen LogP contribution in [0.5, 0.6) is 0 Å². The highest BCUT2D eigenvalue weighted by atomic mass is 32.2. The van der Waals surface area contributed by atoms with Gasteiger partial charge in [0.2, 0.25) is 0 Å². The maximum atomic E-state index is 14.4. The van der Waals surface area contributed by atoms with Crippen LogP contribution in [0.1, 0.15) is 381 Å². The van der Waals surface area contributed by atoms with Crippen molar-refractivity contribution in [2.75, 3.05) is 24.7 Å². The number of ether oxygens (including phenoxy) is 2. The first-order valence-electron chi connectivity index (χ1n) is 33.0. The van der Waals surface area contributed by atoms with E-state index in [4.69, 9.17) is 9.47 Å². The fraction of sp³-hybridized carbons (Fsp3) is 0.970. The van der Waals surface area contributed by atoms with E-state index in [0.29, 0.717) is 19.6 Å². The number of carbonyl (C=O) groups is 2. The summed E-state index contributed by atoms with van der Waals surface area (Å²) in [4.78, 5) is 27.3. The van der Waals surface area contributed by atoms with Gasteiger partial charge in [0.05, 0.1) is 25.0 Å². The molecule has 0 unspecified atom stereocenters. The molecule has 0 saturated heterocycles. The molecule has 0 aromatic rings. The number of unbranched alkanes of at least 4 members (excludes halogenated alkanes) is 48. The summed E-state index contributed by atoms with van der Waals surface area (Å²) in [6, 6.07) is 0. The third kappa shape index (κ3) is 52.5. The number of hydrogen-bond donors (Lipinski definition) is 0. The molecule has 0 heterocycles. The van der Waals surface area contributed by atoms with Crippen LogP contribution in [0, 0.1) is 5.41 Å². The minimum Gasteiger partial charge on any atom is -0.466 e. The summed E-state index contributed by atoms with van der Waals surface area (Å²) in [5.74, 6) is 1.48. The Kier molecular flexibility index (Phi) is 59.6. The van der Waals surface area contributed by atoms with Gasteiger partial charge in [0.1, 0.15) is 0 Å². The molecular weight excluding hydrogens is 889 g/mol. The van der Waals surface area contributed by atoms with Crippen molar-refractivity contribution in [1.29, 1.82) is 0 Å². The lowest BCUT2D eigenvalue weighted by molar-refractivity contribution is -0.155. The minimum absolute atomic E-state index is 0.0591. The average molecular weight is 1020 g/mol. The van der Waals surface area contributed by atoms with Gasteiger partial charge >= 0.3 is 11.9 Å². The van der Waals surface area contributed by atoms with Crippen molar-refractivity contribution in [2.24, 2.45) is 5.41 Å². The summed E-state index contributed by atoms with van der Waals surface area (Å²) in [5.41, 5.74) is -0.447. The van der Waals surface area contributed by atoms with E-state index in [2.05, 4.69) is 27.7 Å². The van der Waals surface area contributed by atoms with E-state index in [1.807, 2.05) is 11.8 Å². The normalized spacial score (nSPS) is 11.8. The molecule has 0 aliphatic heterocycles. The first-order chi connectivity index (χ1) is 35.1. The molecule has 0 N–H and O–H groups in total. The number of hydrogen-bond acceptors (Lipinski definition) is 5. The maximum Gasteiger partial charge on any atom is 0.312 e. The second-order valence-electron chi connectivity index (χ2n) is 22.9. The van der Waals surface area contributed by atoms with Crippen LogP contribution in [0.3, 0.4) is 0 Å². The molecule has 4 nitrogen and oxygen atoms in total. The molecule has 0 rings (SSSR count). The summed E-state index contributed by atoms with van der Waals surface area (Å²) >= 11 is 1.81. The quantitative estimate of drug-likeness (QED) is 0.0449. The molecule has 0 radical (unpaired) electrons. The first kappa shape index (κ1) is 70.3. The van der Waals surface area contributed by atoms with Crippen LogP contribution in [-0.4, -0.2) is 36.7 Å². The summed E-state index contributed by atoms with van der Waals surface area (Å²) < 4.78 is 12.0. The van der Waals surface area contributed by atoms with Crippen LogP contribution in [0.4, 0.5) is 0 Å². The number of rotatable bonds is 62. The standard InChI is InChI=1S/C66H130O4S/c1-5-9-13-17-21-25-29-31-33-35-37-39-43-47-51-55-60-69-64(67)57-62-71-63-66(58-53-49-45-41-27-23-19-15-11-7-3,59-54-50-46-42-28-24-20-16-12-8-4)65(68)70-61-56-52-48-44-40-38-36-34-32-30-26-22-18-14-10-6-2/h5-63H2,1-4H3. The molecule has 0 saturated carbocycles. The fourth-order valence-electron chi connectivity index (χ4n) is 10.7. The predicted molar refractivity (Wildman–Crippen MR) is 318 cm³/mol. The van der Waals surface area contributed by atoms with E-state index >= 15 is 0 Å². The van der Waals surface area contributed by atoms with Gasteiger partial charge in [-0.2, -0.15) is 11.8 Å². The van der Waals surface area contributed by atoms with Crippen LogP contribution in [0.15, 0.2) is 0 Å². The molecule has 0 atom stereocenters. The summed E-state index contributed by atoms with van der Waals surface area (Å²) in [6.07, 6.45) is 71.5. The third-order valence-electron chi connectivity index (χ3n) is 15.8. The van der Waals surface area contributed by atoms with Gasteiger partial charge in [0.25, 0.3) is 0 Å². The van der Waals surface area contributed by atoms with Gasteiger partial charge in [-0.05, 0) is 25.7 Å². The molecule has 0 spiro atoms. The topological polar surface area (TPSA) is 52.6 Å². The second-order valence-corrected chi connectivity index (χ2v) is 24.0.